The van der Waals surface area contributed by atoms with Gasteiger partial charge in [0.15, 0.2) is 0 Å². The third-order valence-corrected chi connectivity index (χ3v) is 10.6. The van der Waals surface area contributed by atoms with E-state index in [1.807, 2.05) is 0 Å². The predicted molar refractivity (Wildman–Crippen MR) is 198 cm³/mol. The molecule has 0 saturated carbocycles. The lowest BCUT2D eigenvalue weighted by molar-refractivity contribution is 0.0592. The molecule has 0 atom stereocenters. The van der Waals surface area contributed by atoms with Crippen LogP contribution in [0.25, 0.3) is 21.5 Å². The second-order valence-electron chi connectivity index (χ2n) is 11.4. The first-order valence-electron chi connectivity index (χ1n) is 15.4. The number of fused-ring (bicyclic) bond motifs is 2. The van der Waals surface area contributed by atoms with Gasteiger partial charge in [0.25, 0.3) is 20.0 Å². The summed E-state index contributed by atoms with van der Waals surface area (Å²) in [5.74, 6) is -1.07. The van der Waals surface area contributed by atoms with Gasteiger partial charge in [-0.05, 0) is 119 Å². The lowest BCUT2D eigenvalue weighted by atomic mass is 10.1. The van der Waals surface area contributed by atoms with Gasteiger partial charge in [0.2, 0.25) is 0 Å². The molecule has 52 heavy (non-hydrogen) atoms. The van der Waals surface area contributed by atoms with E-state index in [4.69, 9.17) is 0 Å². The smallest absolute Gasteiger partial charge is 0.337 e. The summed E-state index contributed by atoms with van der Waals surface area (Å²) >= 11 is 0. The summed E-state index contributed by atoms with van der Waals surface area (Å²) in [7, 11) is -5.37. The minimum absolute atomic E-state index is 0.0274. The molecular weight excluding hydrogens is 709 g/mol. The van der Waals surface area contributed by atoms with Gasteiger partial charge in [-0.2, -0.15) is 0 Å². The molecular formula is C37H30N4O9S2. The summed E-state index contributed by atoms with van der Waals surface area (Å²) in [6.45, 7) is 0. The minimum atomic E-state index is -3.94. The predicted octanol–water partition coefficient (Wildman–Crippen LogP) is 6.81. The van der Waals surface area contributed by atoms with E-state index in [0.717, 1.165) is 0 Å². The van der Waals surface area contributed by atoms with E-state index in [2.05, 4.69) is 29.6 Å². The average molecular weight is 739 g/mol. The first-order valence-corrected chi connectivity index (χ1v) is 18.4. The number of esters is 2. The molecule has 13 nitrogen and oxygen atoms in total. The molecule has 0 bridgehead atoms. The molecule has 6 aromatic rings. The van der Waals surface area contributed by atoms with E-state index in [1.165, 1.54) is 87.0 Å². The number of sulfonamides is 2. The van der Waals surface area contributed by atoms with Crippen LogP contribution in [-0.4, -0.2) is 49.0 Å². The largest absolute Gasteiger partial charge is 0.465 e. The highest BCUT2D eigenvalue weighted by Gasteiger charge is 2.18. The van der Waals surface area contributed by atoms with Crippen molar-refractivity contribution in [2.45, 2.75) is 9.79 Å². The maximum atomic E-state index is 13.0. The van der Waals surface area contributed by atoms with Crippen molar-refractivity contribution in [3.05, 3.63) is 132 Å². The Morgan fingerprint density at radius 1 is 0.442 bits per heavy atom. The Bertz CT molecular complexity index is 2400. The molecule has 264 valence electrons. The molecule has 0 saturated heterocycles. The van der Waals surface area contributed by atoms with E-state index in [1.54, 1.807) is 48.5 Å². The minimum Gasteiger partial charge on any atom is -0.465 e. The second-order valence-corrected chi connectivity index (χ2v) is 14.7. The average Bonchev–Trinajstić information content (AvgIpc) is 3.14. The zero-order valence-electron chi connectivity index (χ0n) is 27.5. The number of ether oxygens (including phenoxy) is 2. The Balaban J connectivity index is 1.09. The molecule has 4 N–H and O–H groups in total. The number of hydrogen-bond donors (Lipinski definition) is 4. The molecule has 6 aromatic carbocycles. The molecule has 0 aromatic heterocycles. The van der Waals surface area contributed by atoms with Gasteiger partial charge in [-0.15, -0.1) is 0 Å². The number of hydrogen-bond acceptors (Lipinski definition) is 9. The third kappa shape index (κ3) is 7.96. The molecule has 0 heterocycles. The number of amides is 2. The molecule has 2 amide bonds. The standard InChI is InChI=1S/C37H30N4O9S2/c1-49-35(42)23-3-11-29(12-4-23)40-51(45,46)33-17-9-25-19-31(15-7-27(25)21-33)38-37(44)39-32-16-8-28-22-34(18-10-26(28)20-32)52(47,48)41-30-13-5-24(6-14-30)36(43)50-2/h3-22,40-41H,1-2H3,(H2,38,39,44). The fraction of sp³-hybridized carbons (Fsp3) is 0.0541. The van der Waals surface area contributed by atoms with Crippen LogP contribution in [0.15, 0.2) is 131 Å². The molecule has 0 aliphatic heterocycles. The van der Waals surface area contributed by atoms with Gasteiger partial charge in [-0.3, -0.25) is 9.44 Å². The number of rotatable bonds is 10. The van der Waals surface area contributed by atoms with Gasteiger partial charge in [0.05, 0.1) is 35.1 Å². The summed E-state index contributed by atoms with van der Waals surface area (Å²) in [6, 6.07) is 30.4. The summed E-state index contributed by atoms with van der Waals surface area (Å²) in [5.41, 5.74) is 2.05. The lowest BCUT2D eigenvalue weighted by Gasteiger charge is -2.12. The van der Waals surface area contributed by atoms with Gasteiger partial charge in [-0.25, -0.2) is 31.2 Å². The number of carbonyl (C=O) groups is 3. The normalized spacial score (nSPS) is 11.4. The molecule has 0 aliphatic carbocycles. The highest BCUT2D eigenvalue weighted by Crippen LogP contribution is 2.27. The van der Waals surface area contributed by atoms with Crippen LogP contribution in [0.5, 0.6) is 0 Å². The fourth-order valence-electron chi connectivity index (χ4n) is 5.24. The molecule has 0 aliphatic rings. The molecule has 0 spiro atoms. The van der Waals surface area contributed by atoms with Crippen molar-refractivity contribution in [3.8, 4) is 0 Å². The van der Waals surface area contributed by atoms with Crippen molar-refractivity contribution in [3.63, 3.8) is 0 Å². The topological polar surface area (TPSA) is 186 Å². The van der Waals surface area contributed by atoms with Crippen LogP contribution in [0.3, 0.4) is 0 Å². The number of urea groups is 1. The van der Waals surface area contributed by atoms with Crippen molar-refractivity contribution in [1.29, 1.82) is 0 Å². The highest BCUT2D eigenvalue weighted by atomic mass is 32.2. The Hall–Kier alpha value is -6.45. The van der Waals surface area contributed by atoms with E-state index in [9.17, 15) is 31.2 Å². The number of anilines is 4. The van der Waals surface area contributed by atoms with Gasteiger partial charge in [0.1, 0.15) is 0 Å². The summed E-state index contributed by atoms with van der Waals surface area (Å²) in [6.07, 6.45) is 0. The number of nitrogens with one attached hydrogen (secondary N) is 4. The number of carbonyl (C=O) groups excluding carboxylic acids is 3. The maximum Gasteiger partial charge on any atom is 0.337 e. The van der Waals surface area contributed by atoms with Crippen LogP contribution in [-0.2, 0) is 29.5 Å². The van der Waals surface area contributed by atoms with Crippen LogP contribution < -0.4 is 20.1 Å². The molecule has 15 heteroatoms. The Kier molecular flexibility index (Phi) is 9.81. The van der Waals surface area contributed by atoms with Crippen LogP contribution in [0.4, 0.5) is 27.5 Å². The van der Waals surface area contributed by atoms with Gasteiger partial charge in [-0.1, -0.05) is 24.3 Å². The summed E-state index contributed by atoms with van der Waals surface area (Å²) < 4.78 is 66.5. The summed E-state index contributed by atoms with van der Waals surface area (Å²) in [5, 5.41) is 8.14. The molecule has 0 fully saturated rings. The Labute approximate surface area is 298 Å². The van der Waals surface area contributed by atoms with Crippen molar-refractivity contribution >= 4 is 82.3 Å². The van der Waals surface area contributed by atoms with Crippen molar-refractivity contribution in [2.75, 3.05) is 34.3 Å². The molecule has 6 rings (SSSR count). The van der Waals surface area contributed by atoms with E-state index in [-0.39, 0.29) is 32.3 Å². The number of methoxy groups -OCH3 is 2. The van der Waals surface area contributed by atoms with Crippen LogP contribution in [0.1, 0.15) is 20.7 Å². The zero-order chi connectivity index (χ0) is 37.0. The highest BCUT2D eigenvalue weighted by molar-refractivity contribution is 7.93. The van der Waals surface area contributed by atoms with Crippen LogP contribution in [0.2, 0.25) is 0 Å². The van der Waals surface area contributed by atoms with Gasteiger partial charge in [0, 0.05) is 22.7 Å². The SMILES string of the molecule is COC(=O)c1ccc(NS(=O)(=O)c2ccc3cc(NC(=O)Nc4ccc5cc(S(=O)(=O)Nc6ccc(C(=O)OC)cc6)ccc5c4)ccc3c2)cc1. The summed E-state index contributed by atoms with van der Waals surface area (Å²) in [4.78, 5) is 36.2. The quantitative estimate of drug-likeness (QED) is 0.110. The third-order valence-electron chi connectivity index (χ3n) is 7.88. The first-order chi connectivity index (χ1) is 24.8. The Morgan fingerprint density at radius 2 is 0.769 bits per heavy atom. The van der Waals surface area contributed by atoms with Crippen LogP contribution >= 0.6 is 0 Å². The second kappa shape index (κ2) is 14.4. The fourth-order valence-corrected chi connectivity index (χ4v) is 7.43. The van der Waals surface area contributed by atoms with Crippen LogP contribution in [0, 0.1) is 0 Å². The van der Waals surface area contributed by atoms with E-state index in [0.29, 0.717) is 32.9 Å². The monoisotopic (exact) mass is 738 g/mol. The maximum absolute atomic E-state index is 13.0. The zero-order valence-corrected chi connectivity index (χ0v) is 29.2. The Morgan fingerprint density at radius 3 is 1.13 bits per heavy atom. The van der Waals surface area contributed by atoms with E-state index >= 15 is 0 Å². The lowest BCUT2D eigenvalue weighted by Crippen LogP contribution is -2.19. The molecule has 0 unspecified atom stereocenters. The van der Waals surface area contributed by atoms with Gasteiger partial charge >= 0.3 is 18.0 Å². The van der Waals surface area contributed by atoms with E-state index < -0.39 is 38.0 Å². The van der Waals surface area contributed by atoms with Gasteiger partial charge < -0.3 is 20.1 Å². The van der Waals surface area contributed by atoms with Crippen molar-refractivity contribution in [1.82, 2.24) is 0 Å². The number of benzene rings is 6. The molecule has 0 radical (unpaired) electrons. The van der Waals surface area contributed by atoms with Crippen molar-refractivity contribution < 1.29 is 40.7 Å². The first kappa shape index (κ1) is 35.4. The van der Waals surface area contributed by atoms with Crippen molar-refractivity contribution in [2.24, 2.45) is 0 Å².